The largest absolute Gasteiger partial charge is 0.365 e. The fourth-order valence-corrected chi connectivity index (χ4v) is 4.54. The molecular formula is C30H33FN4O. The van der Waals surface area contributed by atoms with Gasteiger partial charge >= 0.3 is 0 Å². The van der Waals surface area contributed by atoms with Gasteiger partial charge in [-0.2, -0.15) is 5.10 Å². The summed E-state index contributed by atoms with van der Waals surface area (Å²) in [7, 11) is 3.87. The Balaban J connectivity index is 1.51. The summed E-state index contributed by atoms with van der Waals surface area (Å²) in [6.07, 6.45) is 4.90. The average Bonchev–Trinajstić information content (AvgIpc) is 3.22. The first-order valence-electron chi connectivity index (χ1n) is 12.1. The molecule has 0 saturated carbocycles. The van der Waals surface area contributed by atoms with Crippen molar-refractivity contribution >= 4 is 22.8 Å². The van der Waals surface area contributed by atoms with E-state index in [0.717, 1.165) is 40.2 Å². The fourth-order valence-electron chi connectivity index (χ4n) is 4.54. The van der Waals surface area contributed by atoms with Crippen LogP contribution in [0.25, 0.3) is 16.8 Å². The summed E-state index contributed by atoms with van der Waals surface area (Å²) in [6, 6.07) is 17.0. The van der Waals surface area contributed by atoms with E-state index < -0.39 is 0 Å². The van der Waals surface area contributed by atoms with Gasteiger partial charge in [-0.15, -0.1) is 0 Å². The van der Waals surface area contributed by atoms with Gasteiger partial charge in [0.2, 0.25) is 5.91 Å². The van der Waals surface area contributed by atoms with E-state index in [2.05, 4.69) is 23.8 Å². The van der Waals surface area contributed by atoms with Gasteiger partial charge in [-0.3, -0.25) is 9.48 Å². The standard InChI is InChI=1S/C30H33FN4O/c1-21(26-11-12-27(31)22(2)17-26)18-28(24-9-7-6-8-10-24)33(4)20-30(36)35-15-13-25(14-16-35)29-19-23(3)32-34(29)5/h6-13,17-19H,1,14-16,20H2,2-5H3/b28-18-. The molecule has 0 radical (unpaired) electrons. The summed E-state index contributed by atoms with van der Waals surface area (Å²) >= 11 is 0. The number of hydrogen-bond acceptors (Lipinski definition) is 3. The van der Waals surface area contributed by atoms with E-state index in [9.17, 15) is 9.18 Å². The number of halogens is 1. The molecule has 0 atom stereocenters. The van der Waals surface area contributed by atoms with Gasteiger partial charge in [-0.1, -0.05) is 49.1 Å². The molecule has 0 N–H and O–H groups in total. The van der Waals surface area contributed by atoms with Gasteiger partial charge < -0.3 is 9.80 Å². The highest BCUT2D eigenvalue weighted by Gasteiger charge is 2.22. The quantitative estimate of drug-likeness (QED) is 0.417. The Morgan fingerprint density at radius 1 is 1.14 bits per heavy atom. The van der Waals surface area contributed by atoms with Crippen LogP contribution in [0.2, 0.25) is 0 Å². The molecule has 1 aliphatic heterocycles. The molecule has 0 fully saturated rings. The van der Waals surface area contributed by atoms with E-state index in [1.807, 2.05) is 71.9 Å². The molecule has 1 aliphatic rings. The maximum Gasteiger partial charge on any atom is 0.242 e. The van der Waals surface area contributed by atoms with Gasteiger partial charge in [0, 0.05) is 32.9 Å². The van der Waals surface area contributed by atoms with Crippen LogP contribution < -0.4 is 0 Å². The normalized spacial score (nSPS) is 14.0. The molecule has 4 rings (SSSR count). The molecule has 3 aromatic rings. The van der Waals surface area contributed by atoms with Crippen LogP contribution in [-0.4, -0.2) is 52.2 Å². The molecule has 0 spiro atoms. The Hall–Kier alpha value is -3.93. The van der Waals surface area contributed by atoms with Crippen LogP contribution in [0.3, 0.4) is 0 Å². The fraction of sp³-hybridized carbons (Fsp3) is 0.267. The van der Waals surface area contributed by atoms with Crippen LogP contribution >= 0.6 is 0 Å². The minimum absolute atomic E-state index is 0.0686. The van der Waals surface area contributed by atoms with Crippen molar-refractivity contribution in [1.82, 2.24) is 19.6 Å². The van der Waals surface area contributed by atoms with Gasteiger partial charge in [0.25, 0.3) is 0 Å². The Kier molecular flexibility index (Phi) is 7.53. The van der Waals surface area contributed by atoms with E-state index in [1.54, 1.807) is 19.1 Å². The van der Waals surface area contributed by atoms with Crippen molar-refractivity contribution in [2.75, 3.05) is 26.7 Å². The molecule has 0 bridgehead atoms. The molecular weight excluding hydrogens is 451 g/mol. The number of hydrogen-bond donors (Lipinski definition) is 0. The highest BCUT2D eigenvalue weighted by molar-refractivity contribution is 5.85. The maximum absolute atomic E-state index is 13.8. The third-order valence-electron chi connectivity index (χ3n) is 6.59. The number of aromatic nitrogens is 2. The molecule has 1 amide bonds. The van der Waals surface area contributed by atoms with Crippen molar-refractivity contribution in [2.45, 2.75) is 20.3 Å². The van der Waals surface area contributed by atoms with Crippen LogP contribution in [0.4, 0.5) is 4.39 Å². The summed E-state index contributed by atoms with van der Waals surface area (Å²) in [5.74, 6) is -0.169. The predicted octanol–water partition coefficient (Wildman–Crippen LogP) is 5.48. The maximum atomic E-state index is 13.8. The molecule has 0 saturated heterocycles. The Morgan fingerprint density at radius 2 is 1.89 bits per heavy atom. The van der Waals surface area contributed by atoms with E-state index in [1.165, 1.54) is 11.6 Å². The molecule has 0 unspecified atom stereocenters. The molecule has 0 aliphatic carbocycles. The second-order valence-corrected chi connectivity index (χ2v) is 9.35. The van der Waals surface area contributed by atoms with Crippen LogP contribution in [0.1, 0.15) is 34.5 Å². The smallest absolute Gasteiger partial charge is 0.242 e. The van der Waals surface area contributed by atoms with Crippen molar-refractivity contribution in [3.05, 3.63) is 107 Å². The Morgan fingerprint density at radius 3 is 2.50 bits per heavy atom. The highest BCUT2D eigenvalue weighted by Crippen LogP contribution is 2.26. The molecule has 2 aromatic carbocycles. The number of nitrogens with zero attached hydrogens (tertiary/aromatic N) is 4. The summed E-state index contributed by atoms with van der Waals surface area (Å²) < 4.78 is 15.7. The second-order valence-electron chi connectivity index (χ2n) is 9.35. The number of carbonyl (C=O) groups excluding carboxylic acids is 1. The Bertz CT molecular complexity index is 1340. The van der Waals surface area contributed by atoms with E-state index in [4.69, 9.17) is 0 Å². The zero-order valence-corrected chi connectivity index (χ0v) is 21.5. The monoisotopic (exact) mass is 484 g/mol. The number of benzene rings is 2. The van der Waals surface area contributed by atoms with E-state index in [0.29, 0.717) is 18.7 Å². The number of likely N-dealkylation sites (N-methyl/N-ethyl adjacent to an activating group) is 1. The molecule has 5 nitrogen and oxygen atoms in total. The zero-order valence-electron chi connectivity index (χ0n) is 21.5. The number of amides is 1. The SMILES string of the molecule is C=C(/C=C(/c1ccccc1)N(C)CC(=O)N1CC=C(c2cc(C)nn2C)CC1)c1ccc(F)c(C)c1. The molecule has 2 heterocycles. The number of allylic oxidation sites excluding steroid dienone is 2. The van der Waals surface area contributed by atoms with Crippen LogP contribution in [0.15, 0.2) is 73.3 Å². The first-order valence-corrected chi connectivity index (χ1v) is 12.1. The van der Waals surface area contributed by atoms with Crippen molar-refractivity contribution in [2.24, 2.45) is 7.05 Å². The highest BCUT2D eigenvalue weighted by atomic mass is 19.1. The van der Waals surface area contributed by atoms with Crippen molar-refractivity contribution < 1.29 is 9.18 Å². The Labute approximate surface area is 212 Å². The topological polar surface area (TPSA) is 41.4 Å². The predicted molar refractivity (Wildman–Crippen MR) is 144 cm³/mol. The minimum Gasteiger partial charge on any atom is -0.365 e. The van der Waals surface area contributed by atoms with Gasteiger partial charge in [-0.25, -0.2) is 4.39 Å². The summed E-state index contributed by atoms with van der Waals surface area (Å²) in [5, 5.41) is 4.44. The first-order chi connectivity index (χ1) is 17.2. The second kappa shape index (κ2) is 10.8. The van der Waals surface area contributed by atoms with Crippen molar-refractivity contribution in [1.29, 1.82) is 0 Å². The first kappa shape index (κ1) is 25.2. The van der Waals surface area contributed by atoms with E-state index in [-0.39, 0.29) is 18.3 Å². The third kappa shape index (κ3) is 5.65. The van der Waals surface area contributed by atoms with E-state index >= 15 is 0 Å². The van der Waals surface area contributed by atoms with Crippen LogP contribution in [-0.2, 0) is 11.8 Å². The van der Waals surface area contributed by atoms with Gasteiger partial charge in [0.1, 0.15) is 5.82 Å². The molecule has 36 heavy (non-hydrogen) atoms. The van der Waals surface area contributed by atoms with Crippen LogP contribution in [0, 0.1) is 19.7 Å². The molecule has 1 aromatic heterocycles. The zero-order chi connectivity index (χ0) is 25.8. The van der Waals surface area contributed by atoms with Gasteiger partial charge in [-0.05, 0) is 72.4 Å². The van der Waals surface area contributed by atoms with Gasteiger partial charge in [0.15, 0.2) is 0 Å². The van der Waals surface area contributed by atoms with Gasteiger partial charge in [0.05, 0.1) is 17.9 Å². The third-order valence-corrected chi connectivity index (χ3v) is 6.59. The lowest BCUT2D eigenvalue weighted by molar-refractivity contribution is -0.131. The molecule has 186 valence electrons. The number of aryl methyl sites for hydroxylation is 3. The summed E-state index contributed by atoms with van der Waals surface area (Å²) in [5.41, 5.74) is 7.38. The lowest BCUT2D eigenvalue weighted by Gasteiger charge is -2.30. The summed E-state index contributed by atoms with van der Waals surface area (Å²) in [4.78, 5) is 17.1. The lowest BCUT2D eigenvalue weighted by atomic mass is 10.0. The van der Waals surface area contributed by atoms with Crippen molar-refractivity contribution in [3.8, 4) is 0 Å². The number of carbonyl (C=O) groups is 1. The minimum atomic E-state index is -0.237. The summed E-state index contributed by atoms with van der Waals surface area (Å²) in [6.45, 7) is 9.45. The lowest BCUT2D eigenvalue weighted by Crippen LogP contribution is -2.40. The average molecular weight is 485 g/mol. The van der Waals surface area contributed by atoms with Crippen molar-refractivity contribution in [3.63, 3.8) is 0 Å². The molecule has 6 heteroatoms. The number of rotatable bonds is 7. The van der Waals surface area contributed by atoms with Crippen LogP contribution in [0.5, 0.6) is 0 Å².